The van der Waals surface area contributed by atoms with E-state index in [0.717, 1.165) is 5.69 Å². The van der Waals surface area contributed by atoms with E-state index in [0.29, 0.717) is 68.5 Å². The van der Waals surface area contributed by atoms with Gasteiger partial charge in [-0.25, -0.2) is 9.97 Å². The third-order valence-corrected chi connectivity index (χ3v) is 7.60. The molecule has 0 N–H and O–H groups in total. The third kappa shape index (κ3) is 6.84. The minimum atomic E-state index is -0.416. The lowest BCUT2D eigenvalue weighted by Gasteiger charge is -2.38. The second-order valence-corrected chi connectivity index (χ2v) is 11.6. The first kappa shape index (κ1) is 27.9. The Kier molecular flexibility index (Phi) is 8.61. The van der Waals surface area contributed by atoms with Crippen LogP contribution in [-0.4, -0.2) is 94.6 Å². The number of non-ortho nitro benzene ring substituents is 1. The molecule has 13 heteroatoms. The molecular weight excluding hydrogens is 530 g/mol. The van der Waals surface area contributed by atoms with E-state index in [1.54, 1.807) is 18.2 Å². The molecule has 2 amide bonds. The van der Waals surface area contributed by atoms with Gasteiger partial charge in [0.05, 0.1) is 10.7 Å². The summed E-state index contributed by atoms with van der Waals surface area (Å²) < 4.78 is 0. The molecule has 0 radical (unpaired) electrons. The number of nitrogens with zero attached hydrogens (tertiary/aromatic N) is 7. The molecule has 0 unspecified atom stereocenters. The van der Waals surface area contributed by atoms with Crippen molar-refractivity contribution < 1.29 is 14.5 Å². The predicted molar refractivity (Wildman–Crippen MR) is 148 cm³/mol. The quantitative estimate of drug-likeness (QED) is 0.172. The number of nitro benzene ring substituents is 1. The Labute approximate surface area is 231 Å². The van der Waals surface area contributed by atoms with Gasteiger partial charge >= 0.3 is 0 Å². The Balaban J connectivity index is 1.28. The summed E-state index contributed by atoms with van der Waals surface area (Å²) in [7, 11) is 0. The van der Waals surface area contributed by atoms with Crippen molar-refractivity contribution in [3.05, 3.63) is 45.6 Å². The third-order valence-electron chi connectivity index (χ3n) is 6.58. The van der Waals surface area contributed by atoms with Crippen LogP contribution in [0.3, 0.4) is 0 Å². The van der Waals surface area contributed by atoms with Crippen LogP contribution in [0, 0.1) is 15.5 Å². The minimum absolute atomic E-state index is 0.00205. The van der Waals surface area contributed by atoms with Crippen LogP contribution in [0.25, 0.3) is 0 Å². The van der Waals surface area contributed by atoms with Gasteiger partial charge in [-0.2, -0.15) is 0 Å². The van der Waals surface area contributed by atoms with Crippen molar-refractivity contribution >= 4 is 52.4 Å². The molecular formula is C25H32ClN7O4S. The maximum Gasteiger partial charge on any atom is 0.269 e. The molecule has 2 fully saturated rings. The van der Waals surface area contributed by atoms with Gasteiger partial charge in [-0.15, -0.1) is 0 Å². The number of carbonyl (C=O) groups is 2. The van der Waals surface area contributed by atoms with Crippen LogP contribution in [0.5, 0.6) is 0 Å². The van der Waals surface area contributed by atoms with Gasteiger partial charge in [0.2, 0.25) is 11.8 Å². The Hall–Kier alpha value is -3.12. The van der Waals surface area contributed by atoms with E-state index < -0.39 is 10.3 Å². The number of hydrogen-bond acceptors (Lipinski definition) is 9. The molecule has 3 heterocycles. The van der Waals surface area contributed by atoms with E-state index in [-0.39, 0.29) is 23.3 Å². The molecule has 2 saturated heterocycles. The van der Waals surface area contributed by atoms with Crippen LogP contribution in [0.2, 0.25) is 5.15 Å². The van der Waals surface area contributed by atoms with Crippen LogP contribution >= 0.6 is 23.4 Å². The Morgan fingerprint density at radius 3 is 2.11 bits per heavy atom. The van der Waals surface area contributed by atoms with Gasteiger partial charge in [-0.05, 0) is 12.1 Å². The highest BCUT2D eigenvalue weighted by molar-refractivity contribution is 7.99. The number of piperazine rings is 2. The lowest BCUT2D eigenvalue weighted by Crippen LogP contribution is -2.51. The summed E-state index contributed by atoms with van der Waals surface area (Å²) in [6.07, 6.45) is 0. The summed E-state index contributed by atoms with van der Waals surface area (Å²) in [6, 6.07) is 8.18. The van der Waals surface area contributed by atoms with Gasteiger partial charge in [0.15, 0.2) is 5.16 Å². The standard InChI is InChI=1S/C25H32ClN7O4S/c1-25(2,3)23(35)32-14-10-30(11-15-32)21-16-20(26)27-24(28-21)38-17-22(34)31-12-8-29(9-13-31)18-4-6-19(7-5-18)33(36)37/h4-7,16H,8-15,17H2,1-3H3. The van der Waals surface area contributed by atoms with Crippen LogP contribution in [0.1, 0.15) is 20.8 Å². The molecule has 0 spiro atoms. The number of carbonyl (C=O) groups excluding carboxylic acids is 2. The van der Waals surface area contributed by atoms with Crippen LogP contribution in [0.15, 0.2) is 35.5 Å². The summed E-state index contributed by atoms with van der Waals surface area (Å²) in [5.41, 5.74) is 0.554. The van der Waals surface area contributed by atoms with Crippen LogP contribution in [-0.2, 0) is 9.59 Å². The first-order valence-corrected chi connectivity index (χ1v) is 13.9. The Morgan fingerprint density at radius 1 is 0.947 bits per heavy atom. The number of nitro groups is 1. The Morgan fingerprint density at radius 2 is 1.53 bits per heavy atom. The normalized spacial score (nSPS) is 16.5. The summed E-state index contributed by atoms with van der Waals surface area (Å²) in [4.78, 5) is 52.7. The average Bonchev–Trinajstić information content (AvgIpc) is 2.90. The van der Waals surface area contributed by atoms with E-state index in [2.05, 4.69) is 19.8 Å². The predicted octanol–water partition coefficient (Wildman–Crippen LogP) is 3.17. The van der Waals surface area contributed by atoms with Crippen molar-refractivity contribution in [1.29, 1.82) is 0 Å². The van der Waals surface area contributed by atoms with Crippen molar-refractivity contribution in [2.45, 2.75) is 25.9 Å². The zero-order valence-corrected chi connectivity index (χ0v) is 23.4. The van der Waals surface area contributed by atoms with E-state index >= 15 is 0 Å². The molecule has 1 aromatic carbocycles. The monoisotopic (exact) mass is 561 g/mol. The van der Waals surface area contributed by atoms with E-state index in [9.17, 15) is 19.7 Å². The summed E-state index contributed by atoms with van der Waals surface area (Å²) in [5.74, 6) is 1.03. The molecule has 0 bridgehead atoms. The molecule has 0 atom stereocenters. The van der Waals surface area contributed by atoms with Gasteiger partial charge in [0.25, 0.3) is 5.69 Å². The van der Waals surface area contributed by atoms with Gasteiger partial charge in [-0.3, -0.25) is 19.7 Å². The molecule has 4 rings (SSSR count). The molecule has 2 aliphatic heterocycles. The Bertz CT molecular complexity index is 1180. The second kappa shape index (κ2) is 11.7. The van der Waals surface area contributed by atoms with E-state index in [1.807, 2.05) is 30.6 Å². The largest absolute Gasteiger partial charge is 0.368 e. The summed E-state index contributed by atoms with van der Waals surface area (Å²) >= 11 is 7.54. The molecule has 2 aliphatic rings. The SMILES string of the molecule is CC(C)(C)C(=O)N1CCN(c2cc(Cl)nc(SCC(=O)N3CCN(c4ccc([N+](=O)[O-])cc4)CC3)n2)CC1. The number of benzene rings is 1. The number of anilines is 2. The highest BCUT2D eigenvalue weighted by Gasteiger charge is 2.30. The fourth-order valence-corrected chi connectivity index (χ4v) is 5.43. The topological polar surface area (TPSA) is 116 Å². The average molecular weight is 562 g/mol. The fourth-order valence-electron chi connectivity index (χ4n) is 4.44. The summed E-state index contributed by atoms with van der Waals surface area (Å²) in [5, 5.41) is 11.6. The maximum absolute atomic E-state index is 12.9. The second-order valence-electron chi connectivity index (χ2n) is 10.3. The maximum atomic E-state index is 12.9. The number of hydrogen-bond donors (Lipinski definition) is 0. The van der Waals surface area contributed by atoms with Crippen molar-refractivity contribution in [3.63, 3.8) is 0 Å². The number of amides is 2. The summed E-state index contributed by atoms with van der Waals surface area (Å²) in [6.45, 7) is 10.7. The molecule has 0 saturated carbocycles. The molecule has 38 heavy (non-hydrogen) atoms. The number of thioether (sulfide) groups is 1. The minimum Gasteiger partial charge on any atom is -0.368 e. The van der Waals surface area contributed by atoms with Crippen LogP contribution in [0.4, 0.5) is 17.2 Å². The molecule has 11 nitrogen and oxygen atoms in total. The van der Waals surface area contributed by atoms with Crippen molar-refractivity contribution in [1.82, 2.24) is 19.8 Å². The molecule has 2 aromatic rings. The van der Waals surface area contributed by atoms with Crippen molar-refractivity contribution in [2.24, 2.45) is 5.41 Å². The van der Waals surface area contributed by atoms with Gasteiger partial charge in [-0.1, -0.05) is 44.1 Å². The molecule has 1 aromatic heterocycles. The number of rotatable bonds is 6. The first-order chi connectivity index (χ1) is 18.0. The zero-order valence-electron chi connectivity index (χ0n) is 21.8. The highest BCUT2D eigenvalue weighted by Crippen LogP contribution is 2.25. The lowest BCUT2D eigenvalue weighted by molar-refractivity contribution is -0.384. The van der Waals surface area contributed by atoms with Gasteiger partial charge < -0.3 is 19.6 Å². The molecule has 0 aliphatic carbocycles. The lowest BCUT2D eigenvalue weighted by atomic mass is 9.94. The zero-order chi connectivity index (χ0) is 27.4. The van der Waals surface area contributed by atoms with Gasteiger partial charge in [0, 0.05) is 81.7 Å². The van der Waals surface area contributed by atoms with E-state index in [1.165, 1.54) is 23.9 Å². The number of halogens is 1. The smallest absolute Gasteiger partial charge is 0.269 e. The van der Waals surface area contributed by atoms with Crippen molar-refractivity contribution in [3.8, 4) is 0 Å². The van der Waals surface area contributed by atoms with Crippen molar-refractivity contribution in [2.75, 3.05) is 67.9 Å². The number of aromatic nitrogens is 2. The van der Waals surface area contributed by atoms with E-state index in [4.69, 9.17) is 11.6 Å². The molecule has 204 valence electrons. The first-order valence-electron chi connectivity index (χ1n) is 12.5. The highest BCUT2D eigenvalue weighted by atomic mass is 35.5. The fraction of sp³-hybridized carbons (Fsp3) is 0.520. The van der Waals surface area contributed by atoms with Crippen LogP contribution < -0.4 is 9.80 Å². The van der Waals surface area contributed by atoms with Gasteiger partial charge in [0.1, 0.15) is 11.0 Å².